The van der Waals surface area contributed by atoms with Crippen LogP contribution in [-0.4, -0.2) is 19.5 Å². The summed E-state index contributed by atoms with van der Waals surface area (Å²) in [5.74, 6) is -0.00632. The molecule has 1 rings (SSSR count). The highest BCUT2D eigenvalue weighted by molar-refractivity contribution is 9.10. The molecule has 0 fully saturated rings. The van der Waals surface area contributed by atoms with E-state index >= 15 is 0 Å². The van der Waals surface area contributed by atoms with Crippen LogP contribution in [0.25, 0.3) is 0 Å². The lowest BCUT2D eigenvalue weighted by molar-refractivity contribution is 0.0894. The van der Waals surface area contributed by atoms with Gasteiger partial charge in [-0.05, 0) is 24.6 Å². The van der Waals surface area contributed by atoms with Gasteiger partial charge in [0.25, 0.3) is 0 Å². The number of Topliss-reactive ketones (excluding diaryl/α,β-unsaturated/α-hetero) is 1. The van der Waals surface area contributed by atoms with E-state index in [-0.39, 0.29) is 11.7 Å². The first-order valence-corrected chi connectivity index (χ1v) is 6.21. The summed E-state index contributed by atoms with van der Waals surface area (Å²) in [6.07, 6.45) is 0.710. The highest BCUT2D eigenvalue weighted by Crippen LogP contribution is 2.24. The van der Waals surface area contributed by atoms with Crippen molar-refractivity contribution in [2.24, 2.45) is 5.92 Å². The molecule has 0 N–H and O–H groups in total. The Morgan fingerprint density at radius 1 is 1.56 bits per heavy atom. The van der Waals surface area contributed by atoms with Gasteiger partial charge in [-0.1, -0.05) is 34.5 Å². The quantitative estimate of drug-likeness (QED) is 0.770. The molecular formula is C12H14BrClO2. The number of rotatable bonds is 5. The predicted molar refractivity (Wildman–Crippen MR) is 69.1 cm³/mol. The van der Waals surface area contributed by atoms with E-state index in [0.717, 1.165) is 4.47 Å². The van der Waals surface area contributed by atoms with Crippen molar-refractivity contribution in [1.82, 2.24) is 0 Å². The Kier molecular flexibility index (Phi) is 5.46. The molecule has 0 aliphatic heterocycles. The third-order valence-corrected chi connectivity index (χ3v) is 3.21. The standard InChI is InChI=1S/C12H14BrClO2/c1-8(5-6-16-2)12(15)10-4-3-9(13)7-11(10)14/h3-4,7-8H,5-6H2,1-2H3. The second-order valence-corrected chi connectivity index (χ2v) is 4.99. The van der Waals surface area contributed by atoms with E-state index in [1.165, 1.54) is 0 Å². The van der Waals surface area contributed by atoms with Crippen molar-refractivity contribution in [3.8, 4) is 0 Å². The smallest absolute Gasteiger partial charge is 0.167 e. The number of carbonyl (C=O) groups is 1. The van der Waals surface area contributed by atoms with Crippen molar-refractivity contribution in [3.05, 3.63) is 33.3 Å². The number of methoxy groups -OCH3 is 1. The highest BCUT2D eigenvalue weighted by Gasteiger charge is 2.17. The van der Waals surface area contributed by atoms with E-state index in [2.05, 4.69) is 15.9 Å². The maximum atomic E-state index is 12.0. The molecule has 0 heterocycles. The zero-order valence-electron chi connectivity index (χ0n) is 9.30. The molecular weight excluding hydrogens is 291 g/mol. The molecule has 0 bridgehead atoms. The number of ether oxygens (including phenoxy) is 1. The fourth-order valence-corrected chi connectivity index (χ4v) is 2.15. The predicted octanol–water partition coefficient (Wildman–Crippen LogP) is 3.96. The number of benzene rings is 1. The number of ketones is 1. The molecule has 0 amide bonds. The van der Waals surface area contributed by atoms with Crippen molar-refractivity contribution in [2.45, 2.75) is 13.3 Å². The largest absolute Gasteiger partial charge is 0.385 e. The van der Waals surface area contributed by atoms with Crippen molar-refractivity contribution < 1.29 is 9.53 Å². The summed E-state index contributed by atoms with van der Waals surface area (Å²) in [6, 6.07) is 5.30. The van der Waals surface area contributed by atoms with Gasteiger partial charge in [0, 0.05) is 29.7 Å². The molecule has 2 nitrogen and oxygen atoms in total. The lowest BCUT2D eigenvalue weighted by Gasteiger charge is -2.11. The molecule has 1 atom stereocenters. The van der Waals surface area contributed by atoms with Crippen LogP contribution in [-0.2, 0) is 4.74 Å². The normalized spacial score (nSPS) is 12.5. The minimum Gasteiger partial charge on any atom is -0.385 e. The molecule has 4 heteroatoms. The summed E-state index contributed by atoms with van der Waals surface area (Å²) in [4.78, 5) is 12.0. The van der Waals surface area contributed by atoms with E-state index in [0.29, 0.717) is 23.6 Å². The van der Waals surface area contributed by atoms with Crippen molar-refractivity contribution in [2.75, 3.05) is 13.7 Å². The Morgan fingerprint density at radius 3 is 2.81 bits per heavy atom. The molecule has 0 spiro atoms. The number of hydrogen-bond acceptors (Lipinski definition) is 2. The van der Waals surface area contributed by atoms with E-state index in [4.69, 9.17) is 16.3 Å². The SMILES string of the molecule is COCCC(C)C(=O)c1ccc(Br)cc1Cl. The molecule has 0 aliphatic carbocycles. The van der Waals surface area contributed by atoms with Crippen molar-refractivity contribution >= 4 is 33.3 Å². The molecule has 1 aromatic carbocycles. The third-order valence-electron chi connectivity index (χ3n) is 2.40. The first-order valence-electron chi connectivity index (χ1n) is 5.04. The van der Waals surface area contributed by atoms with Gasteiger partial charge in [-0.25, -0.2) is 0 Å². The Hall–Kier alpha value is -0.380. The molecule has 1 unspecified atom stereocenters. The molecule has 1 aromatic rings. The monoisotopic (exact) mass is 304 g/mol. The lowest BCUT2D eigenvalue weighted by Crippen LogP contribution is -2.13. The van der Waals surface area contributed by atoms with Crippen LogP contribution in [0, 0.1) is 5.92 Å². The first-order chi connectivity index (χ1) is 7.56. The average Bonchev–Trinajstić information content (AvgIpc) is 2.25. The van der Waals surface area contributed by atoms with Gasteiger partial charge in [0.15, 0.2) is 5.78 Å². The Labute approximate surface area is 109 Å². The van der Waals surface area contributed by atoms with Crippen LogP contribution in [0.3, 0.4) is 0 Å². The molecule has 0 saturated heterocycles. The first kappa shape index (κ1) is 13.7. The van der Waals surface area contributed by atoms with Gasteiger partial charge in [0.05, 0.1) is 5.02 Å². The fourth-order valence-electron chi connectivity index (χ4n) is 1.38. The van der Waals surface area contributed by atoms with Gasteiger partial charge in [0.1, 0.15) is 0 Å². The van der Waals surface area contributed by atoms with Gasteiger partial charge in [-0.3, -0.25) is 4.79 Å². The molecule has 0 aromatic heterocycles. The van der Waals surface area contributed by atoms with E-state index in [9.17, 15) is 4.79 Å². The Morgan fingerprint density at radius 2 is 2.25 bits per heavy atom. The second kappa shape index (κ2) is 6.38. The summed E-state index contributed by atoms with van der Waals surface area (Å²) >= 11 is 9.33. The third kappa shape index (κ3) is 3.58. The zero-order valence-corrected chi connectivity index (χ0v) is 11.6. The van der Waals surface area contributed by atoms with Gasteiger partial charge in [-0.2, -0.15) is 0 Å². The van der Waals surface area contributed by atoms with Crippen LogP contribution in [0.1, 0.15) is 23.7 Å². The average molecular weight is 306 g/mol. The van der Waals surface area contributed by atoms with E-state index in [1.807, 2.05) is 13.0 Å². The van der Waals surface area contributed by atoms with E-state index in [1.54, 1.807) is 19.2 Å². The van der Waals surface area contributed by atoms with Gasteiger partial charge in [0.2, 0.25) is 0 Å². The van der Waals surface area contributed by atoms with Crippen molar-refractivity contribution in [3.63, 3.8) is 0 Å². The fraction of sp³-hybridized carbons (Fsp3) is 0.417. The summed E-state index contributed by atoms with van der Waals surface area (Å²) in [6.45, 7) is 2.47. The maximum Gasteiger partial charge on any atom is 0.167 e. The van der Waals surface area contributed by atoms with Crippen LogP contribution in [0.15, 0.2) is 22.7 Å². The topological polar surface area (TPSA) is 26.3 Å². The summed E-state index contributed by atoms with van der Waals surface area (Å²) in [7, 11) is 1.63. The molecule has 0 saturated carbocycles. The number of carbonyl (C=O) groups excluding carboxylic acids is 1. The van der Waals surface area contributed by atoms with Crippen LogP contribution in [0.4, 0.5) is 0 Å². The van der Waals surface area contributed by atoms with Gasteiger partial charge >= 0.3 is 0 Å². The summed E-state index contributed by atoms with van der Waals surface area (Å²) < 4.78 is 5.83. The maximum absolute atomic E-state index is 12.0. The Balaban J connectivity index is 2.79. The molecule has 16 heavy (non-hydrogen) atoms. The number of hydrogen-bond donors (Lipinski definition) is 0. The van der Waals surface area contributed by atoms with Crippen LogP contribution < -0.4 is 0 Å². The molecule has 0 aliphatic rings. The van der Waals surface area contributed by atoms with Gasteiger partial charge < -0.3 is 4.74 Å². The van der Waals surface area contributed by atoms with Crippen molar-refractivity contribution in [1.29, 1.82) is 0 Å². The zero-order chi connectivity index (χ0) is 12.1. The minimum atomic E-state index is -0.0707. The second-order valence-electron chi connectivity index (χ2n) is 3.67. The van der Waals surface area contributed by atoms with Gasteiger partial charge in [-0.15, -0.1) is 0 Å². The highest BCUT2D eigenvalue weighted by atomic mass is 79.9. The number of halogens is 2. The summed E-state index contributed by atoms with van der Waals surface area (Å²) in [5.41, 5.74) is 0.577. The lowest BCUT2D eigenvalue weighted by atomic mass is 9.97. The van der Waals surface area contributed by atoms with Crippen LogP contribution >= 0.6 is 27.5 Å². The van der Waals surface area contributed by atoms with Crippen LogP contribution in [0.5, 0.6) is 0 Å². The molecule has 88 valence electrons. The molecule has 0 radical (unpaired) electrons. The van der Waals surface area contributed by atoms with E-state index < -0.39 is 0 Å². The minimum absolute atomic E-state index is 0.0644. The summed E-state index contributed by atoms with van der Waals surface area (Å²) in [5, 5.41) is 0.489. The van der Waals surface area contributed by atoms with Crippen LogP contribution in [0.2, 0.25) is 5.02 Å². The Bertz CT molecular complexity index is 379.